The molecule has 0 bridgehead atoms. The summed E-state index contributed by atoms with van der Waals surface area (Å²) in [5.41, 5.74) is 2.48. The van der Waals surface area contributed by atoms with Crippen LogP contribution in [-0.2, 0) is 16.0 Å². The number of amides is 2. The van der Waals surface area contributed by atoms with E-state index in [-0.39, 0.29) is 23.7 Å². The first kappa shape index (κ1) is 19.6. The number of anilines is 1. The number of nitrogens with one attached hydrogen (secondary N) is 2. The third-order valence-electron chi connectivity index (χ3n) is 5.31. The van der Waals surface area contributed by atoms with Crippen molar-refractivity contribution in [2.75, 3.05) is 11.9 Å². The second kappa shape index (κ2) is 9.70. The third-order valence-corrected chi connectivity index (χ3v) is 5.31. The molecule has 28 heavy (non-hydrogen) atoms. The highest BCUT2D eigenvalue weighted by molar-refractivity contribution is 5.92. The quantitative estimate of drug-likeness (QED) is 0.808. The van der Waals surface area contributed by atoms with Crippen molar-refractivity contribution in [3.05, 3.63) is 65.7 Å². The lowest BCUT2D eigenvalue weighted by atomic mass is 9.81. The van der Waals surface area contributed by atoms with E-state index in [4.69, 9.17) is 5.26 Å². The van der Waals surface area contributed by atoms with Crippen molar-refractivity contribution in [1.82, 2.24) is 5.32 Å². The van der Waals surface area contributed by atoms with Gasteiger partial charge in [-0.2, -0.15) is 5.26 Å². The van der Waals surface area contributed by atoms with E-state index in [2.05, 4.69) is 28.8 Å². The van der Waals surface area contributed by atoms with Crippen molar-refractivity contribution >= 4 is 17.5 Å². The Bertz CT molecular complexity index is 832. The Morgan fingerprint density at radius 1 is 0.893 bits per heavy atom. The van der Waals surface area contributed by atoms with Gasteiger partial charge in [-0.3, -0.25) is 9.59 Å². The van der Waals surface area contributed by atoms with Crippen LogP contribution in [0.3, 0.4) is 0 Å². The topological polar surface area (TPSA) is 82.0 Å². The molecule has 2 aromatic carbocycles. The Labute approximate surface area is 165 Å². The van der Waals surface area contributed by atoms with E-state index in [1.54, 1.807) is 24.3 Å². The molecule has 0 atom stereocenters. The number of carbonyl (C=O) groups excluding carboxylic acids is 2. The molecule has 2 N–H and O–H groups in total. The highest BCUT2D eigenvalue weighted by Crippen LogP contribution is 2.30. The second-order valence-corrected chi connectivity index (χ2v) is 7.25. The minimum absolute atomic E-state index is 0.00487. The Balaban J connectivity index is 1.40. The van der Waals surface area contributed by atoms with Crippen molar-refractivity contribution in [2.24, 2.45) is 11.8 Å². The van der Waals surface area contributed by atoms with Crippen molar-refractivity contribution in [3.8, 4) is 6.07 Å². The molecule has 0 unspecified atom stereocenters. The summed E-state index contributed by atoms with van der Waals surface area (Å²) in [6.45, 7) is 0.641. The number of hydrogen-bond donors (Lipinski definition) is 2. The zero-order chi connectivity index (χ0) is 19.8. The van der Waals surface area contributed by atoms with Gasteiger partial charge in [0.2, 0.25) is 11.8 Å². The van der Waals surface area contributed by atoms with Crippen molar-refractivity contribution in [3.63, 3.8) is 0 Å². The maximum absolute atomic E-state index is 12.5. The van der Waals surface area contributed by atoms with Crippen LogP contribution in [0.5, 0.6) is 0 Å². The summed E-state index contributed by atoms with van der Waals surface area (Å²) in [5.74, 6) is 0.0215. The molecule has 2 amide bonds. The van der Waals surface area contributed by atoms with Gasteiger partial charge in [0.15, 0.2) is 0 Å². The molecule has 0 saturated heterocycles. The van der Waals surface area contributed by atoms with Crippen molar-refractivity contribution in [1.29, 1.82) is 5.26 Å². The normalized spacial score (nSPS) is 18.7. The first-order valence-corrected chi connectivity index (χ1v) is 9.78. The number of nitrogens with zero attached hydrogens (tertiary/aromatic N) is 1. The van der Waals surface area contributed by atoms with Gasteiger partial charge in [0.25, 0.3) is 0 Å². The van der Waals surface area contributed by atoms with Gasteiger partial charge in [-0.05, 0) is 61.9 Å². The molecule has 0 heterocycles. The Kier molecular flexibility index (Phi) is 6.80. The van der Waals surface area contributed by atoms with Crippen LogP contribution in [-0.4, -0.2) is 18.4 Å². The Morgan fingerprint density at radius 3 is 2.11 bits per heavy atom. The molecule has 1 aliphatic rings. The molecular formula is C23H25N3O2. The predicted octanol–water partition coefficient (Wildman–Crippen LogP) is 3.66. The molecule has 1 fully saturated rings. The minimum Gasteiger partial charge on any atom is -0.356 e. The molecule has 0 aromatic heterocycles. The van der Waals surface area contributed by atoms with Crippen LogP contribution in [0, 0.1) is 23.2 Å². The van der Waals surface area contributed by atoms with Gasteiger partial charge in [-0.25, -0.2) is 0 Å². The lowest BCUT2D eigenvalue weighted by molar-refractivity contribution is -0.128. The van der Waals surface area contributed by atoms with E-state index >= 15 is 0 Å². The molecule has 0 spiro atoms. The fourth-order valence-electron chi connectivity index (χ4n) is 3.61. The van der Waals surface area contributed by atoms with Crippen molar-refractivity contribution in [2.45, 2.75) is 32.1 Å². The average Bonchev–Trinajstić information content (AvgIpc) is 2.75. The summed E-state index contributed by atoms with van der Waals surface area (Å²) in [4.78, 5) is 24.8. The van der Waals surface area contributed by atoms with E-state index in [0.29, 0.717) is 17.8 Å². The van der Waals surface area contributed by atoms with Gasteiger partial charge < -0.3 is 10.6 Å². The SMILES string of the molecule is N#Cc1ccc(NC(=O)C2CCC(C(=O)NCCc3ccccc3)CC2)cc1. The van der Waals surface area contributed by atoms with Crippen LogP contribution in [0.2, 0.25) is 0 Å². The molecule has 1 aliphatic carbocycles. The summed E-state index contributed by atoms with van der Waals surface area (Å²) in [7, 11) is 0. The van der Waals surface area contributed by atoms with Crippen LogP contribution in [0.25, 0.3) is 0 Å². The molecule has 0 radical (unpaired) electrons. The second-order valence-electron chi connectivity index (χ2n) is 7.25. The number of rotatable bonds is 6. The van der Waals surface area contributed by atoms with Crippen molar-refractivity contribution < 1.29 is 9.59 Å². The van der Waals surface area contributed by atoms with E-state index in [1.807, 2.05) is 18.2 Å². The highest BCUT2D eigenvalue weighted by atomic mass is 16.2. The monoisotopic (exact) mass is 375 g/mol. The standard InChI is InChI=1S/C23H25N3O2/c24-16-18-6-12-21(13-7-18)26-23(28)20-10-8-19(9-11-20)22(27)25-15-14-17-4-2-1-3-5-17/h1-7,12-13,19-20H,8-11,14-15H2,(H,25,27)(H,26,28). The van der Waals surface area contributed by atoms with Crippen LogP contribution in [0.4, 0.5) is 5.69 Å². The molecule has 1 saturated carbocycles. The molecule has 5 heteroatoms. The number of carbonyl (C=O) groups is 2. The van der Waals surface area contributed by atoms with Gasteiger partial charge in [0.1, 0.15) is 0 Å². The predicted molar refractivity (Wildman–Crippen MR) is 108 cm³/mol. The van der Waals surface area contributed by atoms with E-state index in [1.165, 1.54) is 5.56 Å². The Hall–Kier alpha value is -3.13. The summed E-state index contributed by atoms with van der Waals surface area (Å²) < 4.78 is 0. The average molecular weight is 375 g/mol. The first-order valence-electron chi connectivity index (χ1n) is 9.78. The minimum atomic E-state index is -0.0657. The van der Waals surface area contributed by atoms with Gasteiger partial charge in [-0.15, -0.1) is 0 Å². The van der Waals surface area contributed by atoms with Crippen LogP contribution in [0.15, 0.2) is 54.6 Å². The summed E-state index contributed by atoms with van der Waals surface area (Å²) in [5, 5.41) is 14.8. The van der Waals surface area contributed by atoms with E-state index in [9.17, 15) is 9.59 Å². The maximum atomic E-state index is 12.5. The molecule has 2 aromatic rings. The lowest BCUT2D eigenvalue weighted by Crippen LogP contribution is -2.36. The summed E-state index contributed by atoms with van der Waals surface area (Å²) >= 11 is 0. The van der Waals surface area contributed by atoms with Gasteiger partial charge >= 0.3 is 0 Å². The zero-order valence-electron chi connectivity index (χ0n) is 15.9. The Morgan fingerprint density at radius 2 is 1.50 bits per heavy atom. The van der Waals surface area contributed by atoms with Gasteiger partial charge in [0, 0.05) is 24.1 Å². The van der Waals surface area contributed by atoms with Crippen LogP contribution < -0.4 is 10.6 Å². The van der Waals surface area contributed by atoms with Gasteiger partial charge in [0.05, 0.1) is 11.6 Å². The number of nitriles is 1. The number of hydrogen-bond acceptors (Lipinski definition) is 3. The fourth-order valence-corrected chi connectivity index (χ4v) is 3.61. The molecule has 3 rings (SSSR count). The van der Waals surface area contributed by atoms with Crippen LogP contribution >= 0.6 is 0 Å². The van der Waals surface area contributed by atoms with Crippen LogP contribution in [0.1, 0.15) is 36.8 Å². The smallest absolute Gasteiger partial charge is 0.227 e. The lowest BCUT2D eigenvalue weighted by Gasteiger charge is -2.27. The highest BCUT2D eigenvalue weighted by Gasteiger charge is 2.29. The summed E-state index contributed by atoms with van der Waals surface area (Å²) in [6.07, 6.45) is 3.75. The molecular weight excluding hydrogens is 350 g/mol. The molecule has 144 valence electrons. The number of benzene rings is 2. The third kappa shape index (κ3) is 5.43. The van der Waals surface area contributed by atoms with E-state index in [0.717, 1.165) is 32.1 Å². The fraction of sp³-hybridized carbons (Fsp3) is 0.348. The first-order chi connectivity index (χ1) is 13.7. The van der Waals surface area contributed by atoms with E-state index < -0.39 is 0 Å². The zero-order valence-corrected chi connectivity index (χ0v) is 15.9. The molecule has 0 aliphatic heterocycles. The summed E-state index contributed by atoms with van der Waals surface area (Å²) in [6, 6.07) is 19.0. The molecule has 5 nitrogen and oxygen atoms in total. The largest absolute Gasteiger partial charge is 0.356 e. The van der Waals surface area contributed by atoms with Gasteiger partial charge in [-0.1, -0.05) is 30.3 Å². The maximum Gasteiger partial charge on any atom is 0.227 e.